The second-order valence-electron chi connectivity index (χ2n) is 3.68. The van der Waals surface area contributed by atoms with Crippen LogP contribution in [-0.2, 0) is 0 Å². The molecule has 0 aliphatic carbocycles. The molecule has 3 nitrogen and oxygen atoms in total. The molecule has 0 rings (SSSR count). The number of guanidine groups is 1. The first-order valence-corrected chi connectivity index (χ1v) is 5.16. The quantitative estimate of drug-likeness (QED) is 0.491. The highest BCUT2D eigenvalue weighted by Gasteiger charge is 2.09. The molecule has 0 amide bonds. The van der Waals surface area contributed by atoms with Crippen LogP contribution in [0, 0.1) is 11.3 Å². The molecule has 0 aromatic heterocycles. The number of rotatable bonds is 6. The van der Waals surface area contributed by atoms with Gasteiger partial charge in [0.05, 0.1) is 0 Å². The Balaban J connectivity index is 3.75. The fourth-order valence-corrected chi connectivity index (χ4v) is 1.40. The smallest absolute Gasteiger partial charge is 0.188 e. The third-order valence-corrected chi connectivity index (χ3v) is 2.49. The zero-order valence-corrected chi connectivity index (χ0v) is 9.14. The summed E-state index contributed by atoms with van der Waals surface area (Å²) in [5.74, 6) is 0.865. The highest BCUT2D eigenvalue weighted by atomic mass is 15.2. The predicted octanol–water partition coefficient (Wildman–Crippen LogP) is 2.03. The molecule has 78 valence electrons. The predicted molar refractivity (Wildman–Crippen MR) is 57.9 cm³/mol. The molecule has 0 aliphatic rings. The molecule has 0 aliphatic heterocycles. The van der Waals surface area contributed by atoms with Crippen LogP contribution < -0.4 is 5.73 Å². The molecular formula is C10H23N3. The summed E-state index contributed by atoms with van der Waals surface area (Å²) in [6, 6.07) is 0. The fourth-order valence-electron chi connectivity index (χ4n) is 1.40. The van der Waals surface area contributed by atoms with Gasteiger partial charge in [0.1, 0.15) is 0 Å². The monoisotopic (exact) mass is 185 g/mol. The Hall–Kier alpha value is -0.730. The number of nitrogens with one attached hydrogen (secondary N) is 1. The highest BCUT2D eigenvalue weighted by molar-refractivity contribution is 5.74. The van der Waals surface area contributed by atoms with E-state index >= 15 is 0 Å². The first-order chi connectivity index (χ1) is 6.11. The van der Waals surface area contributed by atoms with Crippen LogP contribution in [-0.4, -0.2) is 24.5 Å². The van der Waals surface area contributed by atoms with Gasteiger partial charge in [0.2, 0.25) is 0 Å². The average molecular weight is 185 g/mol. The van der Waals surface area contributed by atoms with Gasteiger partial charge in [-0.15, -0.1) is 0 Å². The average Bonchev–Trinajstić information content (AvgIpc) is 2.11. The Morgan fingerprint density at radius 1 is 1.46 bits per heavy atom. The number of hydrogen-bond acceptors (Lipinski definition) is 1. The van der Waals surface area contributed by atoms with Crippen molar-refractivity contribution in [3.05, 3.63) is 0 Å². The summed E-state index contributed by atoms with van der Waals surface area (Å²) in [6.07, 6.45) is 4.97. The summed E-state index contributed by atoms with van der Waals surface area (Å²) in [7, 11) is 1.89. The summed E-state index contributed by atoms with van der Waals surface area (Å²) >= 11 is 0. The Morgan fingerprint density at radius 2 is 2.08 bits per heavy atom. The van der Waals surface area contributed by atoms with E-state index < -0.39 is 0 Å². The molecule has 3 heteroatoms. The van der Waals surface area contributed by atoms with Crippen molar-refractivity contribution in [2.24, 2.45) is 11.7 Å². The molecule has 0 saturated carbocycles. The molecule has 13 heavy (non-hydrogen) atoms. The van der Waals surface area contributed by atoms with Gasteiger partial charge in [0, 0.05) is 13.6 Å². The molecule has 1 atom stereocenters. The molecule has 1 unspecified atom stereocenters. The van der Waals surface area contributed by atoms with E-state index in [1.165, 1.54) is 25.7 Å². The molecule has 0 aromatic rings. The summed E-state index contributed by atoms with van der Waals surface area (Å²) < 4.78 is 0. The van der Waals surface area contributed by atoms with Gasteiger partial charge in [-0.05, 0) is 12.3 Å². The van der Waals surface area contributed by atoms with Crippen LogP contribution >= 0.6 is 0 Å². The zero-order chi connectivity index (χ0) is 10.3. The Bertz CT molecular complexity index is 145. The van der Waals surface area contributed by atoms with Gasteiger partial charge in [-0.25, -0.2) is 0 Å². The van der Waals surface area contributed by atoms with Crippen LogP contribution in [0.4, 0.5) is 0 Å². The van der Waals surface area contributed by atoms with Gasteiger partial charge in [-0.3, -0.25) is 5.41 Å². The van der Waals surface area contributed by atoms with Crippen LogP contribution in [0.25, 0.3) is 0 Å². The SMILES string of the molecule is CCCCC(CC)CN(C)C(=N)N. The number of nitrogens with zero attached hydrogens (tertiary/aromatic N) is 1. The summed E-state index contributed by atoms with van der Waals surface area (Å²) in [5, 5.41) is 7.25. The van der Waals surface area contributed by atoms with E-state index in [2.05, 4.69) is 13.8 Å². The minimum absolute atomic E-state index is 0.176. The van der Waals surface area contributed by atoms with Gasteiger partial charge in [-0.2, -0.15) is 0 Å². The largest absolute Gasteiger partial charge is 0.370 e. The van der Waals surface area contributed by atoms with Crippen LogP contribution in [0.1, 0.15) is 39.5 Å². The maximum Gasteiger partial charge on any atom is 0.188 e. The van der Waals surface area contributed by atoms with Gasteiger partial charge in [0.15, 0.2) is 5.96 Å². The van der Waals surface area contributed by atoms with Crippen molar-refractivity contribution in [2.45, 2.75) is 39.5 Å². The van der Waals surface area contributed by atoms with Crippen molar-refractivity contribution >= 4 is 5.96 Å². The van der Waals surface area contributed by atoms with E-state index in [9.17, 15) is 0 Å². The van der Waals surface area contributed by atoms with Gasteiger partial charge < -0.3 is 10.6 Å². The number of hydrogen-bond donors (Lipinski definition) is 2. The molecule has 0 fully saturated rings. The molecule has 0 bridgehead atoms. The van der Waals surface area contributed by atoms with Crippen molar-refractivity contribution in [1.82, 2.24) is 4.90 Å². The highest BCUT2D eigenvalue weighted by Crippen LogP contribution is 2.13. The normalized spacial score (nSPS) is 12.5. The number of nitrogens with two attached hydrogens (primary N) is 1. The first-order valence-electron chi connectivity index (χ1n) is 5.16. The van der Waals surface area contributed by atoms with E-state index in [0.717, 1.165) is 6.54 Å². The molecule has 3 N–H and O–H groups in total. The standard InChI is InChI=1S/C10H23N3/c1-4-6-7-9(5-2)8-13(3)10(11)12/h9H,4-8H2,1-3H3,(H3,11,12). The minimum Gasteiger partial charge on any atom is -0.370 e. The zero-order valence-electron chi connectivity index (χ0n) is 9.14. The summed E-state index contributed by atoms with van der Waals surface area (Å²) in [4.78, 5) is 1.82. The minimum atomic E-state index is 0.176. The lowest BCUT2D eigenvalue weighted by Gasteiger charge is -2.23. The Kier molecular flexibility index (Phi) is 6.37. The second kappa shape index (κ2) is 6.75. The van der Waals surface area contributed by atoms with Gasteiger partial charge in [0.25, 0.3) is 0 Å². The first kappa shape index (κ1) is 12.3. The van der Waals surface area contributed by atoms with E-state index in [1.54, 1.807) is 0 Å². The fraction of sp³-hybridized carbons (Fsp3) is 0.900. The molecular weight excluding hydrogens is 162 g/mol. The van der Waals surface area contributed by atoms with Crippen molar-refractivity contribution in [3.63, 3.8) is 0 Å². The molecule has 0 saturated heterocycles. The maximum atomic E-state index is 7.25. The third-order valence-electron chi connectivity index (χ3n) is 2.49. The summed E-state index contributed by atoms with van der Waals surface area (Å²) in [6.45, 7) is 5.33. The van der Waals surface area contributed by atoms with E-state index in [-0.39, 0.29) is 5.96 Å². The van der Waals surface area contributed by atoms with Crippen LogP contribution in [0.2, 0.25) is 0 Å². The lowest BCUT2D eigenvalue weighted by Crippen LogP contribution is -2.36. The lowest BCUT2D eigenvalue weighted by molar-refractivity contribution is 0.344. The molecule has 0 aromatic carbocycles. The third kappa shape index (κ3) is 5.50. The van der Waals surface area contributed by atoms with Crippen LogP contribution in [0.15, 0.2) is 0 Å². The van der Waals surface area contributed by atoms with Gasteiger partial charge >= 0.3 is 0 Å². The van der Waals surface area contributed by atoms with E-state index in [0.29, 0.717) is 5.92 Å². The topological polar surface area (TPSA) is 53.1 Å². The molecule has 0 spiro atoms. The summed E-state index contributed by atoms with van der Waals surface area (Å²) in [5.41, 5.74) is 5.38. The van der Waals surface area contributed by atoms with Crippen molar-refractivity contribution < 1.29 is 0 Å². The van der Waals surface area contributed by atoms with Crippen molar-refractivity contribution in [1.29, 1.82) is 5.41 Å². The van der Waals surface area contributed by atoms with Crippen molar-refractivity contribution in [2.75, 3.05) is 13.6 Å². The molecule has 0 radical (unpaired) electrons. The molecule has 0 heterocycles. The number of unbranched alkanes of at least 4 members (excludes halogenated alkanes) is 1. The van der Waals surface area contributed by atoms with E-state index in [1.807, 2.05) is 11.9 Å². The Morgan fingerprint density at radius 3 is 2.46 bits per heavy atom. The van der Waals surface area contributed by atoms with Crippen LogP contribution in [0.5, 0.6) is 0 Å². The second-order valence-corrected chi connectivity index (χ2v) is 3.68. The lowest BCUT2D eigenvalue weighted by atomic mass is 9.99. The van der Waals surface area contributed by atoms with Crippen LogP contribution in [0.3, 0.4) is 0 Å². The van der Waals surface area contributed by atoms with Crippen molar-refractivity contribution in [3.8, 4) is 0 Å². The Labute approximate surface area is 81.8 Å². The van der Waals surface area contributed by atoms with Gasteiger partial charge in [-0.1, -0.05) is 33.1 Å². The maximum absolute atomic E-state index is 7.25. The van der Waals surface area contributed by atoms with E-state index in [4.69, 9.17) is 11.1 Å².